The van der Waals surface area contributed by atoms with Crippen LogP contribution in [0.5, 0.6) is 0 Å². The summed E-state index contributed by atoms with van der Waals surface area (Å²) in [6.07, 6.45) is 5.78. The minimum absolute atomic E-state index is 0.179. The van der Waals surface area contributed by atoms with Crippen molar-refractivity contribution in [3.63, 3.8) is 0 Å². The molecule has 0 aromatic carbocycles. The van der Waals surface area contributed by atoms with Crippen molar-refractivity contribution in [2.24, 2.45) is 13.0 Å². The van der Waals surface area contributed by atoms with E-state index < -0.39 is 0 Å². The highest BCUT2D eigenvalue weighted by Crippen LogP contribution is 2.21. The third kappa shape index (κ3) is 3.19. The van der Waals surface area contributed by atoms with E-state index in [4.69, 9.17) is 4.42 Å². The quantitative estimate of drug-likeness (QED) is 0.884. The number of carbonyl (C=O) groups excluding carboxylic acids is 1. The number of hydrogen-bond donors (Lipinski definition) is 2. The van der Waals surface area contributed by atoms with Gasteiger partial charge in [0.05, 0.1) is 11.8 Å². The van der Waals surface area contributed by atoms with Gasteiger partial charge in [0.2, 0.25) is 5.89 Å². The zero-order chi connectivity index (χ0) is 15.5. The molecule has 7 nitrogen and oxygen atoms in total. The predicted molar refractivity (Wildman–Crippen MR) is 81.4 cm³/mol. The second kappa shape index (κ2) is 6.31. The molecule has 2 N–H and O–H groups in total. The fourth-order valence-electron chi connectivity index (χ4n) is 2.68. The summed E-state index contributed by atoms with van der Waals surface area (Å²) in [5.74, 6) is 1.26. The van der Waals surface area contributed by atoms with Gasteiger partial charge in [0, 0.05) is 19.8 Å². The molecule has 118 valence electrons. The summed E-state index contributed by atoms with van der Waals surface area (Å²) in [6, 6.07) is 0. The lowest BCUT2D eigenvalue weighted by molar-refractivity contribution is 0.0939. The molecule has 3 heterocycles. The first kappa shape index (κ1) is 14.8. The average Bonchev–Trinajstić information content (AvgIpc) is 3.12. The summed E-state index contributed by atoms with van der Waals surface area (Å²) in [5.41, 5.74) is 1.11. The maximum Gasteiger partial charge on any atom is 0.273 e. The van der Waals surface area contributed by atoms with Crippen LogP contribution in [-0.4, -0.2) is 40.3 Å². The van der Waals surface area contributed by atoms with E-state index in [2.05, 4.69) is 20.7 Å². The van der Waals surface area contributed by atoms with Crippen LogP contribution in [0.3, 0.4) is 0 Å². The van der Waals surface area contributed by atoms with Crippen LogP contribution in [0.4, 0.5) is 0 Å². The summed E-state index contributed by atoms with van der Waals surface area (Å²) in [6.45, 7) is 4.45. The van der Waals surface area contributed by atoms with Crippen molar-refractivity contribution in [1.82, 2.24) is 25.4 Å². The monoisotopic (exact) mass is 303 g/mol. The zero-order valence-electron chi connectivity index (χ0n) is 12.9. The number of rotatable bonds is 4. The van der Waals surface area contributed by atoms with Gasteiger partial charge in [-0.3, -0.25) is 9.48 Å². The molecule has 2 aromatic heterocycles. The first-order chi connectivity index (χ1) is 10.6. The molecule has 0 saturated carbocycles. The van der Waals surface area contributed by atoms with Crippen molar-refractivity contribution in [2.75, 3.05) is 19.6 Å². The van der Waals surface area contributed by atoms with Crippen molar-refractivity contribution in [1.29, 1.82) is 0 Å². The Morgan fingerprint density at radius 2 is 2.45 bits per heavy atom. The Morgan fingerprint density at radius 1 is 1.59 bits per heavy atom. The lowest BCUT2D eigenvalue weighted by atomic mass is 10.00. The van der Waals surface area contributed by atoms with Gasteiger partial charge < -0.3 is 15.1 Å². The average molecular weight is 303 g/mol. The van der Waals surface area contributed by atoms with Gasteiger partial charge >= 0.3 is 0 Å². The van der Waals surface area contributed by atoms with Crippen LogP contribution in [-0.2, 0) is 7.05 Å². The largest absolute Gasteiger partial charge is 0.440 e. The van der Waals surface area contributed by atoms with Crippen molar-refractivity contribution < 1.29 is 9.21 Å². The summed E-state index contributed by atoms with van der Waals surface area (Å²) in [7, 11) is 1.82. The number of nitrogens with one attached hydrogen (secondary N) is 2. The summed E-state index contributed by atoms with van der Waals surface area (Å²) in [4.78, 5) is 16.6. The Kier molecular flexibility index (Phi) is 4.24. The van der Waals surface area contributed by atoms with Crippen LogP contribution < -0.4 is 10.6 Å². The number of aromatic nitrogens is 3. The minimum atomic E-state index is -0.179. The Hall–Kier alpha value is -2.15. The van der Waals surface area contributed by atoms with Gasteiger partial charge in [0.1, 0.15) is 5.76 Å². The molecule has 1 aliphatic heterocycles. The number of oxazole rings is 1. The molecular weight excluding hydrogens is 282 g/mol. The van der Waals surface area contributed by atoms with Crippen LogP contribution in [0.2, 0.25) is 0 Å². The number of hydrogen-bond acceptors (Lipinski definition) is 5. The van der Waals surface area contributed by atoms with Gasteiger partial charge in [-0.15, -0.1) is 0 Å². The summed E-state index contributed by atoms with van der Waals surface area (Å²) >= 11 is 0. The third-order valence-electron chi connectivity index (χ3n) is 3.91. The first-order valence-electron chi connectivity index (χ1n) is 7.59. The molecule has 1 fully saturated rings. The van der Waals surface area contributed by atoms with E-state index in [0.29, 0.717) is 29.8 Å². The molecule has 0 radical (unpaired) electrons. The van der Waals surface area contributed by atoms with Crippen molar-refractivity contribution in [3.05, 3.63) is 23.8 Å². The Labute approximate surface area is 129 Å². The molecule has 7 heteroatoms. The third-order valence-corrected chi connectivity index (χ3v) is 3.91. The fraction of sp³-hybridized carbons (Fsp3) is 0.533. The molecule has 3 rings (SSSR count). The van der Waals surface area contributed by atoms with Crippen LogP contribution in [0.25, 0.3) is 11.5 Å². The predicted octanol–water partition coefficient (Wildman–Crippen LogP) is 1.11. The van der Waals surface area contributed by atoms with Gasteiger partial charge in [0.25, 0.3) is 5.91 Å². The van der Waals surface area contributed by atoms with Gasteiger partial charge in [-0.2, -0.15) is 5.10 Å². The first-order valence-corrected chi connectivity index (χ1v) is 7.59. The highest BCUT2D eigenvalue weighted by atomic mass is 16.4. The highest BCUT2D eigenvalue weighted by molar-refractivity contribution is 5.93. The number of carbonyl (C=O) groups is 1. The lowest BCUT2D eigenvalue weighted by Crippen LogP contribution is -2.38. The number of amides is 1. The molecule has 1 atom stereocenters. The van der Waals surface area contributed by atoms with E-state index in [0.717, 1.165) is 31.5 Å². The van der Waals surface area contributed by atoms with E-state index in [1.54, 1.807) is 24.0 Å². The molecule has 0 aliphatic carbocycles. The second-order valence-corrected chi connectivity index (χ2v) is 5.75. The summed E-state index contributed by atoms with van der Waals surface area (Å²) in [5, 5.41) is 10.4. The van der Waals surface area contributed by atoms with E-state index in [1.807, 2.05) is 7.05 Å². The number of piperidine rings is 1. The van der Waals surface area contributed by atoms with Gasteiger partial charge in [-0.05, 0) is 38.8 Å². The fourth-order valence-corrected chi connectivity index (χ4v) is 2.68. The highest BCUT2D eigenvalue weighted by Gasteiger charge is 2.20. The smallest absolute Gasteiger partial charge is 0.273 e. The van der Waals surface area contributed by atoms with E-state index >= 15 is 0 Å². The second-order valence-electron chi connectivity index (χ2n) is 5.75. The molecule has 1 saturated heterocycles. The standard InChI is InChI=1S/C15H21N5O2/c1-10-13(14(21)17-7-11-4-3-5-16-6-11)19-15(22-10)12-8-18-20(2)9-12/h8-9,11,16H,3-7H2,1-2H3,(H,17,21). The van der Waals surface area contributed by atoms with Crippen molar-refractivity contribution >= 4 is 5.91 Å². The molecular formula is C15H21N5O2. The SMILES string of the molecule is Cc1oc(-c2cnn(C)c2)nc1C(=O)NCC1CCCNC1. The Morgan fingerprint density at radius 3 is 3.14 bits per heavy atom. The van der Waals surface area contributed by atoms with Crippen LogP contribution in [0.1, 0.15) is 29.1 Å². The van der Waals surface area contributed by atoms with Crippen LogP contribution in [0, 0.1) is 12.8 Å². The maximum absolute atomic E-state index is 12.3. The molecule has 1 aliphatic rings. The molecule has 22 heavy (non-hydrogen) atoms. The zero-order valence-corrected chi connectivity index (χ0v) is 12.9. The Bertz CT molecular complexity index is 655. The molecule has 0 bridgehead atoms. The molecule has 1 unspecified atom stereocenters. The van der Waals surface area contributed by atoms with Crippen molar-refractivity contribution in [2.45, 2.75) is 19.8 Å². The summed E-state index contributed by atoms with van der Waals surface area (Å²) < 4.78 is 7.26. The maximum atomic E-state index is 12.3. The van der Waals surface area contributed by atoms with E-state index in [-0.39, 0.29) is 5.91 Å². The minimum Gasteiger partial charge on any atom is -0.440 e. The number of nitrogens with zero attached hydrogens (tertiary/aromatic N) is 3. The molecule has 2 aromatic rings. The van der Waals surface area contributed by atoms with Crippen molar-refractivity contribution in [3.8, 4) is 11.5 Å². The normalized spacial score (nSPS) is 18.4. The van der Waals surface area contributed by atoms with Gasteiger partial charge in [0.15, 0.2) is 5.69 Å². The number of aryl methyl sites for hydroxylation is 2. The topological polar surface area (TPSA) is 85.0 Å². The lowest BCUT2D eigenvalue weighted by Gasteiger charge is -2.22. The molecule has 0 spiro atoms. The van der Waals surface area contributed by atoms with Crippen LogP contribution >= 0.6 is 0 Å². The van der Waals surface area contributed by atoms with Gasteiger partial charge in [-0.25, -0.2) is 4.98 Å². The van der Waals surface area contributed by atoms with Crippen LogP contribution in [0.15, 0.2) is 16.8 Å². The molecule has 1 amide bonds. The van der Waals surface area contributed by atoms with Gasteiger partial charge in [-0.1, -0.05) is 0 Å². The van der Waals surface area contributed by atoms with E-state index in [1.165, 1.54) is 0 Å². The Balaban J connectivity index is 1.66. The van der Waals surface area contributed by atoms with E-state index in [9.17, 15) is 4.79 Å².